The zero-order valence-corrected chi connectivity index (χ0v) is 14.7. The van der Waals surface area contributed by atoms with Crippen molar-refractivity contribution in [3.05, 3.63) is 41.6 Å². The number of anilines is 2. The fourth-order valence-corrected chi connectivity index (χ4v) is 3.18. The van der Waals surface area contributed by atoms with E-state index < -0.39 is 0 Å². The van der Waals surface area contributed by atoms with Crippen LogP contribution in [0.2, 0.25) is 0 Å². The van der Waals surface area contributed by atoms with Crippen LogP contribution in [-0.2, 0) is 6.54 Å². The molecule has 0 atom stereocenters. The monoisotopic (exact) mass is 353 g/mol. The summed E-state index contributed by atoms with van der Waals surface area (Å²) in [6.07, 6.45) is 10.2. The Morgan fingerprint density at radius 1 is 1.08 bits per heavy atom. The summed E-state index contributed by atoms with van der Waals surface area (Å²) in [6.45, 7) is 1.74. The fraction of sp³-hybridized carbons (Fsp3) is 0.421. The summed E-state index contributed by atoms with van der Waals surface area (Å²) in [6, 6.07) is 5.87. The summed E-state index contributed by atoms with van der Waals surface area (Å²) in [5, 5.41) is 14.6. The van der Waals surface area contributed by atoms with Gasteiger partial charge in [-0.3, -0.25) is 0 Å². The predicted octanol–water partition coefficient (Wildman–Crippen LogP) is 3.51. The molecule has 1 aliphatic heterocycles. The Morgan fingerprint density at radius 2 is 2.04 bits per heavy atom. The van der Waals surface area contributed by atoms with Crippen molar-refractivity contribution >= 4 is 11.8 Å². The van der Waals surface area contributed by atoms with Crippen LogP contribution >= 0.6 is 0 Å². The third kappa shape index (κ3) is 4.22. The lowest BCUT2D eigenvalue weighted by atomic mass is 9.97. The Morgan fingerprint density at radius 3 is 2.96 bits per heavy atom. The Bertz CT molecular complexity index is 793. The predicted molar refractivity (Wildman–Crippen MR) is 99.4 cm³/mol. The van der Waals surface area contributed by atoms with Crippen molar-refractivity contribution in [2.24, 2.45) is 0 Å². The lowest BCUT2D eigenvalue weighted by Gasteiger charge is -2.13. The number of benzene rings is 1. The van der Waals surface area contributed by atoms with Gasteiger partial charge in [0, 0.05) is 13.1 Å². The number of fused-ring (bicyclic) bond motifs is 1. The van der Waals surface area contributed by atoms with Crippen LogP contribution in [0.3, 0.4) is 0 Å². The quantitative estimate of drug-likeness (QED) is 0.737. The second kappa shape index (κ2) is 8.03. The molecule has 1 aromatic carbocycles. The zero-order chi connectivity index (χ0) is 17.6. The maximum atomic E-state index is 5.40. The highest BCUT2D eigenvalue weighted by atomic mass is 16.7. The minimum absolute atomic E-state index is 0.282. The zero-order valence-electron chi connectivity index (χ0n) is 14.7. The minimum atomic E-state index is 0.282. The van der Waals surface area contributed by atoms with Crippen molar-refractivity contribution in [3.63, 3.8) is 0 Å². The normalized spacial score (nSPS) is 15.5. The molecule has 7 nitrogen and oxygen atoms in total. The summed E-state index contributed by atoms with van der Waals surface area (Å²) in [5.74, 6) is 2.80. The van der Waals surface area contributed by atoms with Crippen LogP contribution in [0.25, 0.3) is 0 Å². The first-order valence-corrected chi connectivity index (χ1v) is 9.11. The molecule has 0 spiro atoms. The largest absolute Gasteiger partial charge is 0.454 e. The third-order valence-corrected chi connectivity index (χ3v) is 4.58. The van der Waals surface area contributed by atoms with Gasteiger partial charge in [0.1, 0.15) is 0 Å². The van der Waals surface area contributed by atoms with Gasteiger partial charge in [-0.2, -0.15) is 10.1 Å². The summed E-state index contributed by atoms with van der Waals surface area (Å²) in [4.78, 5) is 4.47. The summed E-state index contributed by atoms with van der Waals surface area (Å²) in [5.41, 5.74) is 2.62. The topological polar surface area (TPSA) is 81.2 Å². The van der Waals surface area contributed by atoms with E-state index in [1.54, 1.807) is 11.8 Å². The van der Waals surface area contributed by atoms with E-state index in [2.05, 4.69) is 31.9 Å². The number of ether oxygens (including phenoxy) is 2. The molecule has 7 heteroatoms. The molecule has 1 aromatic heterocycles. The van der Waals surface area contributed by atoms with Crippen LogP contribution < -0.4 is 20.1 Å². The highest BCUT2D eigenvalue weighted by molar-refractivity contribution is 5.45. The van der Waals surface area contributed by atoms with E-state index in [-0.39, 0.29) is 6.79 Å². The van der Waals surface area contributed by atoms with Crippen LogP contribution in [0, 0.1) is 0 Å². The Balaban J connectivity index is 1.29. The molecule has 1 aliphatic carbocycles. The minimum Gasteiger partial charge on any atom is -0.454 e. The first kappa shape index (κ1) is 16.6. The average molecular weight is 353 g/mol. The first-order valence-electron chi connectivity index (χ1n) is 9.11. The van der Waals surface area contributed by atoms with Crippen molar-refractivity contribution in [1.82, 2.24) is 15.2 Å². The van der Waals surface area contributed by atoms with Crippen LogP contribution in [0.5, 0.6) is 11.5 Å². The second-order valence-electron chi connectivity index (χ2n) is 6.49. The molecule has 0 bridgehead atoms. The number of rotatable bonds is 7. The van der Waals surface area contributed by atoms with Gasteiger partial charge in [0.05, 0.1) is 6.20 Å². The van der Waals surface area contributed by atoms with Gasteiger partial charge in [0.15, 0.2) is 17.3 Å². The molecule has 0 saturated heterocycles. The summed E-state index contributed by atoms with van der Waals surface area (Å²) >= 11 is 0. The molecule has 0 radical (unpaired) electrons. The molecule has 26 heavy (non-hydrogen) atoms. The van der Waals surface area contributed by atoms with Gasteiger partial charge in [-0.15, -0.1) is 5.10 Å². The van der Waals surface area contributed by atoms with Crippen LogP contribution in [0.1, 0.15) is 37.7 Å². The number of aromatic nitrogens is 3. The lowest BCUT2D eigenvalue weighted by Crippen LogP contribution is -2.09. The van der Waals surface area contributed by atoms with Crippen molar-refractivity contribution in [2.75, 3.05) is 24.0 Å². The Kier molecular flexibility index (Phi) is 5.14. The van der Waals surface area contributed by atoms with Gasteiger partial charge < -0.3 is 20.1 Å². The molecule has 136 valence electrons. The highest BCUT2D eigenvalue weighted by Gasteiger charge is 2.13. The molecule has 2 aliphatic rings. The Labute approximate surface area is 152 Å². The third-order valence-electron chi connectivity index (χ3n) is 4.58. The molecule has 2 N–H and O–H groups in total. The number of hydrogen-bond donors (Lipinski definition) is 2. The molecule has 2 heterocycles. The van der Waals surface area contributed by atoms with Crippen molar-refractivity contribution in [2.45, 2.75) is 38.6 Å². The standard InChI is InChI=1S/C19H23N5O2/c1-2-4-14(5-3-1)8-9-20-18-12-22-24-19(23-18)21-11-15-6-7-16-17(10-15)26-13-25-16/h4,6-7,10,12H,1-3,5,8-9,11,13H2,(H2,20,21,23,24). The van der Waals surface area contributed by atoms with E-state index in [1.807, 2.05) is 18.2 Å². The number of nitrogens with one attached hydrogen (secondary N) is 2. The van der Waals surface area contributed by atoms with Gasteiger partial charge in [-0.1, -0.05) is 17.7 Å². The van der Waals surface area contributed by atoms with E-state index in [1.165, 1.54) is 25.7 Å². The van der Waals surface area contributed by atoms with Gasteiger partial charge >= 0.3 is 0 Å². The number of allylic oxidation sites excluding steroid dienone is 1. The first-order chi connectivity index (χ1) is 12.9. The van der Waals surface area contributed by atoms with Gasteiger partial charge in [-0.05, 0) is 49.8 Å². The molecule has 0 amide bonds. The van der Waals surface area contributed by atoms with Gasteiger partial charge in [0.2, 0.25) is 12.7 Å². The molecular weight excluding hydrogens is 330 g/mol. The van der Waals surface area contributed by atoms with E-state index >= 15 is 0 Å². The van der Waals surface area contributed by atoms with E-state index in [9.17, 15) is 0 Å². The molecular formula is C19H23N5O2. The van der Waals surface area contributed by atoms with Crippen LogP contribution in [-0.4, -0.2) is 28.5 Å². The average Bonchev–Trinajstić information content (AvgIpc) is 3.15. The molecule has 2 aromatic rings. The van der Waals surface area contributed by atoms with Crippen molar-refractivity contribution < 1.29 is 9.47 Å². The maximum absolute atomic E-state index is 5.40. The van der Waals surface area contributed by atoms with Crippen LogP contribution in [0.15, 0.2) is 36.0 Å². The van der Waals surface area contributed by atoms with Crippen molar-refractivity contribution in [1.29, 1.82) is 0 Å². The van der Waals surface area contributed by atoms with Crippen LogP contribution in [0.4, 0.5) is 11.8 Å². The Hall–Kier alpha value is -2.83. The SMILES string of the molecule is C1=C(CCNc2cnnc(NCc3ccc4c(c3)OCO4)n2)CCCC1. The number of hydrogen-bond acceptors (Lipinski definition) is 7. The maximum Gasteiger partial charge on any atom is 0.244 e. The number of nitrogens with zero attached hydrogens (tertiary/aromatic N) is 3. The van der Waals surface area contributed by atoms with E-state index in [4.69, 9.17) is 9.47 Å². The summed E-state index contributed by atoms with van der Waals surface area (Å²) in [7, 11) is 0. The second-order valence-corrected chi connectivity index (χ2v) is 6.49. The molecule has 4 rings (SSSR count). The van der Waals surface area contributed by atoms with Gasteiger partial charge in [0.25, 0.3) is 0 Å². The molecule has 0 fully saturated rings. The molecule has 0 saturated carbocycles. The molecule has 0 unspecified atom stereocenters. The fourth-order valence-electron chi connectivity index (χ4n) is 3.18. The van der Waals surface area contributed by atoms with E-state index in [0.29, 0.717) is 12.5 Å². The van der Waals surface area contributed by atoms with Gasteiger partial charge in [-0.25, -0.2) is 0 Å². The summed E-state index contributed by atoms with van der Waals surface area (Å²) < 4.78 is 10.7. The van der Waals surface area contributed by atoms with E-state index in [0.717, 1.165) is 35.8 Å². The lowest BCUT2D eigenvalue weighted by molar-refractivity contribution is 0.174. The van der Waals surface area contributed by atoms with Crippen molar-refractivity contribution in [3.8, 4) is 11.5 Å². The highest BCUT2D eigenvalue weighted by Crippen LogP contribution is 2.32. The smallest absolute Gasteiger partial charge is 0.244 e.